The van der Waals surface area contributed by atoms with Crippen LogP contribution in [0.25, 0.3) is 0 Å². The third-order valence-corrected chi connectivity index (χ3v) is 11.3. The fourth-order valence-corrected chi connectivity index (χ4v) is 7.33. The number of aliphatic hydroxyl groups is 5. The normalized spacial score (nSPS) is 21.1. The first-order valence-corrected chi connectivity index (χ1v) is 24.5. The molecule has 6 N–H and O–H groups in total. The highest BCUT2D eigenvalue weighted by atomic mass is 16.7. The van der Waals surface area contributed by atoms with Crippen molar-refractivity contribution in [3.05, 3.63) is 60.8 Å². The van der Waals surface area contributed by atoms with Crippen molar-refractivity contribution in [3.8, 4) is 0 Å². The van der Waals surface area contributed by atoms with Crippen LogP contribution in [0.2, 0.25) is 0 Å². The van der Waals surface area contributed by atoms with Crippen molar-refractivity contribution >= 4 is 5.91 Å². The summed E-state index contributed by atoms with van der Waals surface area (Å²) in [7, 11) is 0. The Hall–Kier alpha value is -2.11. The van der Waals surface area contributed by atoms with E-state index in [-0.39, 0.29) is 12.5 Å². The predicted molar refractivity (Wildman–Crippen MR) is 249 cm³/mol. The Morgan fingerprint density at radius 2 is 1.00 bits per heavy atom. The molecule has 0 saturated carbocycles. The maximum atomic E-state index is 13.0. The van der Waals surface area contributed by atoms with E-state index in [4.69, 9.17) is 9.47 Å². The summed E-state index contributed by atoms with van der Waals surface area (Å²) >= 11 is 0. The third kappa shape index (κ3) is 30.8. The molecule has 0 aliphatic carbocycles. The van der Waals surface area contributed by atoms with E-state index in [1.807, 2.05) is 6.08 Å². The summed E-state index contributed by atoms with van der Waals surface area (Å²) < 4.78 is 11.2. The van der Waals surface area contributed by atoms with E-state index in [1.54, 1.807) is 6.08 Å². The summed E-state index contributed by atoms with van der Waals surface area (Å²) in [6, 6.07) is -0.834. The van der Waals surface area contributed by atoms with E-state index in [0.29, 0.717) is 6.42 Å². The molecule has 0 radical (unpaired) electrons. The quantitative estimate of drug-likeness (QED) is 0.0264. The van der Waals surface area contributed by atoms with Crippen LogP contribution < -0.4 is 5.32 Å². The van der Waals surface area contributed by atoms with E-state index in [1.165, 1.54) is 116 Å². The molecule has 9 heteroatoms. The Labute approximate surface area is 366 Å². The SMILES string of the molecule is CCCCC/C=C\C/C=C\CCCCCCCCCC(=O)NC(COC1OC(CO)C(O)C(O)C1O)C(O)/C=C/CC/C=C/CC/C=C/CCCCCCCCCCCC. The summed E-state index contributed by atoms with van der Waals surface area (Å²) in [5.41, 5.74) is 0. The smallest absolute Gasteiger partial charge is 0.220 e. The zero-order chi connectivity index (χ0) is 43.7. The van der Waals surface area contributed by atoms with Crippen LogP contribution in [0.15, 0.2) is 60.8 Å². The lowest BCUT2D eigenvalue weighted by molar-refractivity contribution is -0.302. The molecule has 7 unspecified atom stereocenters. The number of hydrogen-bond donors (Lipinski definition) is 6. The standard InChI is InChI=1S/C51H91NO8/c1-3-5-7-9-11-13-15-17-19-21-22-23-25-26-28-30-32-34-36-38-40-45(54)44(43-59-51-50(58)49(57)48(56)46(42-53)60-51)52-47(55)41-39-37-35-33-31-29-27-24-20-18-16-14-12-10-8-6-4-2/h12,14,18,20,23,25,30,32,38,40,44-46,48-51,53-54,56-58H,3-11,13,15-17,19,21-22,24,26-29,31,33-37,39,41-43H2,1-2H3,(H,52,55)/b14-12-,20-18-,25-23+,32-30+,40-38+. The van der Waals surface area contributed by atoms with E-state index in [2.05, 4.69) is 67.8 Å². The van der Waals surface area contributed by atoms with Gasteiger partial charge in [-0.25, -0.2) is 0 Å². The van der Waals surface area contributed by atoms with Crippen LogP contribution in [0, 0.1) is 0 Å². The maximum Gasteiger partial charge on any atom is 0.220 e. The summed E-state index contributed by atoms with van der Waals surface area (Å²) in [5.74, 6) is -0.201. The van der Waals surface area contributed by atoms with Gasteiger partial charge in [0.15, 0.2) is 6.29 Å². The van der Waals surface area contributed by atoms with Crippen LogP contribution in [-0.2, 0) is 14.3 Å². The molecule has 60 heavy (non-hydrogen) atoms. The van der Waals surface area contributed by atoms with Gasteiger partial charge < -0.3 is 40.3 Å². The molecule has 1 aliphatic heterocycles. The first kappa shape index (κ1) is 55.9. The van der Waals surface area contributed by atoms with Gasteiger partial charge in [0.25, 0.3) is 0 Å². The number of amides is 1. The molecular weight excluding hydrogens is 755 g/mol. The van der Waals surface area contributed by atoms with Crippen molar-refractivity contribution in [1.82, 2.24) is 5.32 Å². The highest BCUT2D eigenvalue weighted by Gasteiger charge is 2.44. The number of carbonyl (C=O) groups excluding carboxylic acids is 1. The highest BCUT2D eigenvalue weighted by molar-refractivity contribution is 5.76. The number of hydrogen-bond acceptors (Lipinski definition) is 8. The molecule has 1 fully saturated rings. The van der Waals surface area contributed by atoms with Crippen LogP contribution in [0.5, 0.6) is 0 Å². The molecule has 9 nitrogen and oxygen atoms in total. The van der Waals surface area contributed by atoms with Gasteiger partial charge in [0.1, 0.15) is 24.4 Å². The lowest BCUT2D eigenvalue weighted by atomic mass is 9.99. The number of nitrogens with one attached hydrogen (secondary N) is 1. The lowest BCUT2D eigenvalue weighted by Crippen LogP contribution is -2.60. The minimum atomic E-state index is -1.58. The number of carbonyl (C=O) groups is 1. The number of aliphatic hydroxyl groups excluding tert-OH is 5. The minimum absolute atomic E-state index is 0.201. The number of unbranched alkanes of at least 4 members (excludes halogenated alkanes) is 22. The second-order valence-corrected chi connectivity index (χ2v) is 16.9. The molecule has 1 heterocycles. The van der Waals surface area contributed by atoms with Crippen LogP contribution >= 0.6 is 0 Å². The summed E-state index contributed by atoms with van der Waals surface area (Å²) in [6.07, 6.45) is 46.9. The van der Waals surface area contributed by atoms with E-state index >= 15 is 0 Å². The number of allylic oxidation sites excluding steroid dienone is 9. The molecule has 0 bridgehead atoms. The van der Waals surface area contributed by atoms with Gasteiger partial charge in [-0.2, -0.15) is 0 Å². The molecule has 7 atom stereocenters. The van der Waals surface area contributed by atoms with Gasteiger partial charge in [-0.1, -0.05) is 177 Å². The minimum Gasteiger partial charge on any atom is -0.394 e. The topological polar surface area (TPSA) is 149 Å². The Morgan fingerprint density at radius 3 is 1.53 bits per heavy atom. The average Bonchev–Trinajstić information content (AvgIpc) is 3.25. The van der Waals surface area contributed by atoms with Gasteiger partial charge in [0.2, 0.25) is 5.91 Å². The van der Waals surface area contributed by atoms with Crippen molar-refractivity contribution < 1.29 is 39.8 Å². The first-order chi connectivity index (χ1) is 29.3. The van der Waals surface area contributed by atoms with Crippen molar-refractivity contribution in [2.24, 2.45) is 0 Å². The van der Waals surface area contributed by atoms with Gasteiger partial charge in [-0.15, -0.1) is 0 Å². The predicted octanol–water partition coefficient (Wildman–Crippen LogP) is 10.8. The van der Waals surface area contributed by atoms with E-state index in [9.17, 15) is 30.3 Å². The molecule has 0 aromatic carbocycles. The Kier molecular flexibility index (Phi) is 38.1. The molecule has 1 aliphatic rings. The van der Waals surface area contributed by atoms with Gasteiger partial charge in [-0.3, -0.25) is 4.79 Å². The third-order valence-electron chi connectivity index (χ3n) is 11.3. The molecule has 0 aromatic rings. The monoisotopic (exact) mass is 846 g/mol. The van der Waals surface area contributed by atoms with Crippen LogP contribution in [0.4, 0.5) is 0 Å². The summed E-state index contributed by atoms with van der Waals surface area (Å²) in [4.78, 5) is 13.0. The fourth-order valence-electron chi connectivity index (χ4n) is 7.33. The van der Waals surface area contributed by atoms with Crippen molar-refractivity contribution in [1.29, 1.82) is 0 Å². The highest BCUT2D eigenvalue weighted by Crippen LogP contribution is 2.22. The van der Waals surface area contributed by atoms with Gasteiger partial charge >= 0.3 is 0 Å². The zero-order valence-electron chi connectivity index (χ0n) is 38.2. The molecule has 0 spiro atoms. The molecule has 1 amide bonds. The molecule has 1 rings (SSSR count). The van der Waals surface area contributed by atoms with Crippen molar-refractivity contribution in [3.63, 3.8) is 0 Å². The molecule has 0 aromatic heterocycles. The van der Waals surface area contributed by atoms with Crippen LogP contribution in [0.3, 0.4) is 0 Å². The van der Waals surface area contributed by atoms with E-state index in [0.717, 1.165) is 64.2 Å². The van der Waals surface area contributed by atoms with Crippen molar-refractivity contribution in [2.75, 3.05) is 13.2 Å². The van der Waals surface area contributed by atoms with Gasteiger partial charge in [-0.05, 0) is 77.0 Å². The molecule has 1 saturated heterocycles. The van der Waals surface area contributed by atoms with Crippen molar-refractivity contribution in [2.45, 2.75) is 243 Å². The second kappa shape index (κ2) is 40.9. The molecule has 348 valence electrons. The fraction of sp³-hybridized carbons (Fsp3) is 0.784. The Morgan fingerprint density at radius 1 is 0.567 bits per heavy atom. The maximum absolute atomic E-state index is 13.0. The molecular formula is C51H91NO8. The van der Waals surface area contributed by atoms with Crippen LogP contribution in [0.1, 0.15) is 200 Å². The Balaban J connectivity index is 2.38. The Bertz CT molecular complexity index is 1120. The summed E-state index contributed by atoms with van der Waals surface area (Å²) in [5, 5.41) is 54.2. The first-order valence-electron chi connectivity index (χ1n) is 24.5. The average molecular weight is 846 g/mol. The van der Waals surface area contributed by atoms with Gasteiger partial charge in [0, 0.05) is 6.42 Å². The summed E-state index contributed by atoms with van der Waals surface area (Å²) in [6.45, 7) is 3.72. The zero-order valence-corrected chi connectivity index (χ0v) is 38.2. The largest absolute Gasteiger partial charge is 0.394 e. The number of rotatable bonds is 40. The van der Waals surface area contributed by atoms with Crippen LogP contribution in [-0.4, -0.2) is 87.5 Å². The number of ether oxygens (including phenoxy) is 2. The lowest BCUT2D eigenvalue weighted by Gasteiger charge is -2.40. The second-order valence-electron chi connectivity index (χ2n) is 16.9. The van der Waals surface area contributed by atoms with Gasteiger partial charge in [0.05, 0.1) is 25.4 Å². The van der Waals surface area contributed by atoms with E-state index < -0.39 is 49.5 Å².